The summed E-state index contributed by atoms with van der Waals surface area (Å²) in [5.74, 6) is 1.10. The van der Waals surface area contributed by atoms with Gasteiger partial charge in [0.25, 0.3) is 0 Å². The minimum Gasteiger partial charge on any atom is -0.493 e. The lowest BCUT2D eigenvalue weighted by Crippen LogP contribution is -2.19. The second kappa shape index (κ2) is 7.96. The molecular weight excluding hydrogens is 362 g/mol. The molecule has 1 aromatic carbocycles. The number of Topliss-reactive ketones (excluding diaryl/α,β-unsaturated/α-hetero) is 1. The van der Waals surface area contributed by atoms with Crippen LogP contribution in [0.1, 0.15) is 56.9 Å². The number of ketones is 1. The van der Waals surface area contributed by atoms with Gasteiger partial charge in [0.2, 0.25) is 5.75 Å². The summed E-state index contributed by atoms with van der Waals surface area (Å²) in [6.07, 6.45) is 0.937. The van der Waals surface area contributed by atoms with Crippen molar-refractivity contribution < 1.29 is 28.5 Å². The van der Waals surface area contributed by atoms with E-state index < -0.39 is 5.97 Å². The first-order chi connectivity index (χ1) is 13.4. The van der Waals surface area contributed by atoms with Crippen molar-refractivity contribution in [3.05, 3.63) is 40.2 Å². The summed E-state index contributed by atoms with van der Waals surface area (Å²) in [6.45, 7) is 3.81. The summed E-state index contributed by atoms with van der Waals surface area (Å²) >= 11 is 0. The zero-order chi connectivity index (χ0) is 20.4. The normalized spacial score (nSPS) is 15.8. The molecule has 1 unspecified atom stereocenters. The van der Waals surface area contributed by atoms with Gasteiger partial charge >= 0.3 is 5.97 Å². The van der Waals surface area contributed by atoms with E-state index in [-0.39, 0.29) is 18.3 Å². The number of nitrogens with one attached hydrogen (secondary N) is 1. The smallest absolute Gasteiger partial charge is 0.355 e. The van der Waals surface area contributed by atoms with Crippen LogP contribution < -0.4 is 14.2 Å². The SMILES string of the molecule is CCOC(=O)c1[nH]c2c(c1C)C(=O)CC(c1cc(OC)c(OC)c(OC)c1)C2. The number of rotatable bonds is 6. The van der Waals surface area contributed by atoms with E-state index in [0.717, 1.165) is 11.3 Å². The van der Waals surface area contributed by atoms with E-state index in [0.29, 0.717) is 46.9 Å². The molecule has 3 rings (SSSR count). The van der Waals surface area contributed by atoms with Crippen LogP contribution in [-0.2, 0) is 11.2 Å². The van der Waals surface area contributed by atoms with Gasteiger partial charge in [-0.15, -0.1) is 0 Å². The monoisotopic (exact) mass is 387 g/mol. The second-order valence-electron chi connectivity index (χ2n) is 6.69. The largest absolute Gasteiger partial charge is 0.493 e. The van der Waals surface area contributed by atoms with Crippen molar-refractivity contribution in [2.45, 2.75) is 32.6 Å². The molecule has 0 saturated heterocycles. The minimum atomic E-state index is -0.438. The van der Waals surface area contributed by atoms with Crippen LogP contribution in [0.4, 0.5) is 0 Å². The molecule has 7 nitrogen and oxygen atoms in total. The van der Waals surface area contributed by atoms with Gasteiger partial charge in [0.15, 0.2) is 17.3 Å². The number of methoxy groups -OCH3 is 3. The van der Waals surface area contributed by atoms with Gasteiger partial charge in [0.05, 0.1) is 27.9 Å². The van der Waals surface area contributed by atoms with Crippen LogP contribution in [0.3, 0.4) is 0 Å². The Morgan fingerprint density at radius 1 is 1.11 bits per heavy atom. The van der Waals surface area contributed by atoms with Crippen LogP contribution in [0.15, 0.2) is 12.1 Å². The third kappa shape index (κ3) is 3.32. The van der Waals surface area contributed by atoms with E-state index in [1.807, 2.05) is 12.1 Å². The quantitative estimate of drug-likeness (QED) is 0.764. The maximum atomic E-state index is 12.9. The fraction of sp³-hybridized carbons (Fsp3) is 0.429. The van der Waals surface area contributed by atoms with Gasteiger partial charge in [-0.05, 0) is 49.4 Å². The Labute approximate surface area is 163 Å². The Hall–Kier alpha value is -2.96. The van der Waals surface area contributed by atoms with E-state index in [2.05, 4.69) is 4.98 Å². The topological polar surface area (TPSA) is 86.9 Å². The van der Waals surface area contributed by atoms with E-state index >= 15 is 0 Å². The molecule has 0 amide bonds. The summed E-state index contributed by atoms with van der Waals surface area (Å²) in [7, 11) is 4.67. The predicted octanol–water partition coefficient (Wildman–Crippen LogP) is 3.44. The highest BCUT2D eigenvalue weighted by Crippen LogP contribution is 2.43. The van der Waals surface area contributed by atoms with E-state index in [1.54, 1.807) is 35.2 Å². The average molecular weight is 387 g/mol. The van der Waals surface area contributed by atoms with Gasteiger partial charge in [0.1, 0.15) is 5.69 Å². The van der Waals surface area contributed by atoms with Crippen LogP contribution in [-0.4, -0.2) is 44.7 Å². The molecule has 2 aromatic rings. The number of hydrogen-bond acceptors (Lipinski definition) is 6. The molecule has 1 aliphatic rings. The van der Waals surface area contributed by atoms with Crippen LogP contribution in [0.2, 0.25) is 0 Å². The van der Waals surface area contributed by atoms with Gasteiger partial charge in [-0.2, -0.15) is 0 Å². The number of aromatic nitrogens is 1. The maximum absolute atomic E-state index is 12.9. The number of benzene rings is 1. The second-order valence-corrected chi connectivity index (χ2v) is 6.69. The zero-order valence-electron chi connectivity index (χ0n) is 16.8. The molecule has 1 heterocycles. The number of H-pyrrole nitrogens is 1. The van der Waals surface area contributed by atoms with Crippen molar-refractivity contribution in [3.8, 4) is 17.2 Å². The van der Waals surface area contributed by atoms with E-state index in [1.165, 1.54) is 0 Å². The molecule has 0 saturated carbocycles. The first kappa shape index (κ1) is 19.8. The summed E-state index contributed by atoms with van der Waals surface area (Å²) in [5, 5.41) is 0. The minimum absolute atomic E-state index is 0.00398. The number of esters is 1. The Bertz CT molecular complexity index is 889. The van der Waals surface area contributed by atoms with Crippen LogP contribution in [0, 0.1) is 6.92 Å². The number of carbonyl (C=O) groups is 2. The zero-order valence-corrected chi connectivity index (χ0v) is 16.8. The molecule has 1 aliphatic carbocycles. The lowest BCUT2D eigenvalue weighted by Gasteiger charge is -2.24. The Morgan fingerprint density at radius 2 is 1.75 bits per heavy atom. The van der Waals surface area contributed by atoms with Crippen molar-refractivity contribution in [2.24, 2.45) is 0 Å². The standard InChI is InChI=1S/C21H25NO6/c1-6-28-21(24)19-11(2)18-14(22-19)7-12(8-15(18)23)13-9-16(25-3)20(27-5)17(10-13)26-4/h9-10,12,22H,6-8H2,1-5H3. The molecule has 7 heteroatoms. The fourth-order valence-corrected chi connectivity index (χ4v) is 3.81. The Kier molecular flexibility index (Phi) is 5.63. The highest BCUT2D eigenvalue weighted by molar-refractivity contribution is 6.03. The van der Waals surface area contributed by atoms with Crippen LogP contribution in [0.5, 0.6) is 17.2 Å². The van der Waals surface area contributed by atoms with Crippen molar-refractivity contribution >= 4 is 11.8 Å². The molecule has 1 N–H and O–H groups in total. The highest BCUT2D eigenvalue weighted by atomic mass is 16.5. The Balaban J connectivity index is 1.99. The molecule has 0 bridgehead atoms. The third-order valence-corrected chi connectivity index (χ3v) is 5.13. The number of fused-ring (bicyclic) bond motifs is 1. The van der Waals surface area contributed by atoms with Crippen molar-refractivity contribution in [3.63, 3.8) is 0 Å². The summed E-state index contributed by atoms with van der Waals surface area (Å²) in [5.41, 5.74) is 3.29. The lowest BCUT2D eigenvalue weighted by molar-refractivity contribution is 0.0519. The molecule has 0 aliphatic heterocycles. The first-order valence-electron chi connectivity index (χ1n) is 9.16. The molecule has 1 atom stereocenters. The van der Waals surface area contributed by atoms with Crippen molar-refractivity contribution in [1.29, 1.82) is 0 Å². The van der Waals surface area contributed by atoms with Gasteiger partial charge < -0.3 is 23.9 Å². The van der Waals surface area contributed by atoms with Crippen LogP contribution in [0.25, 0.3) is 0 Å². The number of hydrogen-bond donors (Lipinski definition) is 1. The number of carbonyl (C=O) groups excluding carboxylic acids is 2. The van der Waals surface area contributed by atoms with Gasteiger partial charge in [0, 0.05) is 17.7 Å². The van der Waals surface area contributed by atoms with Gasteiger partial charge in [-0.25, -0.2) is 4.79 Å². The summed E-state index contributed by atoms with van der Waals surface area (Å²) in [6, 6.07) is 3.73. The predicted molar refractivity (Wildman–Crippen MR) is 103 cm³/mol. The lowest BCUT2D eigenvalue weighted by atomic mass is 9.81. The molecule has 28 heavy (non-hydrogen) atoms. The first-order valence-corrected chi connectivity index (χ1v) is 9.16. The van der Waals surface area contributed by atoms with E-state index in [9.17, 15) is 9.59 Å². The fourth-order valence-electron chi connectivity index (χ4n) is 3.81. The van der Waals surface area contributed by atoms with Crippen LogP contribution >= 0.6 is 0 Å². The van der Waals surface area contributed by atoms with Crippen molar-refractivity contribution in [1.82, 2.24) is 4.98 Å². The number of ether oxygens (including phenoxy) is 4. The Morgan fingerprint density at radius 3 is 2.29 bits per heavy atom. The molecule has 150 valence electrons. The number of aromatic amines is 1. The molecule has 1 aromatic heterocycles. The molecular formula is C21H25NO6. The molecule has 0 spiro atoms. The summed E-state index contributed by atoms with van der Waals surface area (Å²) in [4.78, 5) is 28.1. The van der Waals surface area contributed by atoms with Crippen molar-refractivity contribution in [2.75, 3.05) is 27.9 Å². The molecule has 0 fully saturated rings. The molecule has 0 radical (unpaired) electrons. The van der Waals surface area contributed by atoms with Gasteiger partial charge in [-0.1, -0.05) is 0 Å². The van der Waals surface area contributed by atoms with E-state index in [4.69, 9.17) is 18.9 Å². The third-order valence-electron chi connectivity index (χ3n) is 5.13. The average Bonchev–Trinajstić information content (AvgIpc) is 3.03. The maximum Gasteiger partial charge on any atom is 0.355 e. The highest BCUT2D eigenvalue weighted by Gasteiger charge is 2.33. The summed E-state index contributed by atoms with van der Waals surface area (Å²) < 4.78 is 21.3. The van der Waals surface area contributed by atoms with Gasteiger partial charge in [-0.3, -0.25) is 4.79 Å².